The maximum atomic E-state index is 11.9. The van der Waals surface area contributed by atoms with Crippen molar-refractivity contribution in [3.8, 4) is 5.75 Å². The number of hydrogen-bond acceptors (Lipinski definition) is 3. The third-order valence-electron chi connectivity index (χ3n) is 3.91. The van der Waals surface area contributed by atoms with E-state index in [1.54, 1.807) is 0 Å². The molecule has 1 aliphatic carbocycles. The van der Waals surface area contributed by atoms with Crippen molar-refractivity contribution in [1.29, 1.82) is 0 Å². The molecule has 2 amide bonds. The van der Waals surface area contributed by atoms with Crippen LogP contribution in [0.15, 0.2) is 24.3 Å². The maximum Gasteiger partial charge on any atom is 0.258 e. The topological polar surface area (TPSA) is 67.4 Å². The molecular formula is C17H23IN2O3. The number of carbonyl (C=O) groups is 2. The van der Waals surface area contributed by atoms with Gasteiger partial charge in [-0.15, -0.1) is 0 Å². The van der Waals surface area contributed by atoms with Gasteiger partial charge in [0.15, 0.2) is 6.61 Å². The number of amides is 2. The number of ether oxygens (including phenoxy) is 1. The first-order valence-corrected chi connectivity index (χ1v) is 9.16. The van der Waals surface area contributed by atoms with Crippen LogP contribution in [-0.4, -0.2) is 31.5 Å². The van der Waals surface area contributed by atoms with Gasteiger partial charge < -0.3 is 15.4 Å². The fourth-order valence-corrected chi connectivity index (χ4v) is 2.99. The molecule has 0 bridgehead atoms. The Morgan fingerprint density at radius 3 is 2.39 bits per heavy atom. The van der Waals surface area contributed by atoms with Gasteiger partial charge in [-0.05, 0) is 59.7 Å². The molecule has 0 spiro atoms. The average Bonchev–Trinajstić information content (AvgIpc) is 2.59. The number of carbonyl (C=O) groups excluding carboxylic acids is 2. The number of hydrogen-bond donors (Lipinski definition) is 2. The Hall–Kier alpha value is -1.31. The molecule has 2 N–H and O–H groups in total. The first-order valence-electron chi connectivity index (χ1n) is 8.08. The lowest BCUT2D eigenvalue weighted by molar-refractivity contribution is -0.126. The molecule has 1 saturated carbocycles. The second-order valence-corrected chi connectivity index (χ2v) is 6.96. The predicted octanol–water partition coefficient (Wildman–Crippen LogP) is 2.48. The van der Waals surface area contributed by atoms with E-state index in [1.165, 1.54) is 6.42 Å². The van der Waals surface area contributed by atoms with Crippen LogP contribution in [0.2, 0.25) is 0 Å². The van der Waals surface area contributed by atoms with Crippen LogP contribution in [0.25, 0.3) is 0 Å². The van der Waals surface area contributed by atoms with E-state index >= 15 is 0 Å². The molecule has 1 aliphatic rings. The van der Waals surface area contributed by atoms with Gasteiger partial charge in [0.25, 0.3) is 5.91 Å². The molecule has 1 aromatic rings. The van der Waals surface area contributed by atoms with Crippen LogP contribution >= 0.6 is 22.6 Å². The summed E-state index contributed by atoms with van der Waals surface area (Å²) in [6, 6.07) is 7.52. The Morgan fingerprint density at radius 2 is 1.70 bits per heavy atom. The lowest BCUT2D eigenvalue weighted by Crippen LogP contribution is -2.39. The number of rotatable bonds is 7. The summed E-state index contributed by atoms with van der Waals surface area (Å²) in [5.41, 5.74) is 0. The zero-order valence-electron chi connectivity index (χ0n) is 13.1. The van der Waals surface area contributed by atoms with Gasteiger partial charge in [0.1, 0.15) is 5.75 Å². The Morgan fingerprint density at radius 1 is 1.04 bits per heavy atom. The Bertz CT molecular complexity index is 513. The van der Waals surface area contributed by atoms with E-state index in [2.05, 4.69) is 33.2 Å². The highest BCUT2D eigenvalue weighted by Gasteiger charge is 2.20. The molecule has 1 aromatic carbocycles. The fourth-order valence-electron chi connectivity index (χ4n) is 2.63. The van der Waals surface area contributed by atoms with E-state index in [0.29, 0.717) is 18.8 Å². The minimum Gasteiger partial charge on any atom is -0.484 e. The zero-order chi connectivity index (χ0) is 16.5. The summed E-state index contributed by atoms with van der Waals surface area (Å²) in [4.78, 5) is 23.6. The third kappa shape index (κ3) is 6.76. The lowest BCUT2D eigenvalue weighted by atomic mass is 9.89. The van der Waals surface area contributed by atoms with Crippen LogP contribution in [0, 0.1) is 9.49 Å². The van der Waals surface area contributed by atoms with Gasteiger partial charge >= 0.3 is 0 Å². The van der Waals surface area contributed by atoms with E-state index < -0.39 is 0 Å². The van der Waals surface area contributed by atoms with Crippen LogP contribution in [-0.2, 0) is 9.59 Å². The standard InChI is InChI=1S/C17H23IN2O3/c18-14-6-8-15(9-7-14)23-12-16(21)19-10-11-20-17(22)13-4-2-1-3-5-13/h6-9,13H,1-5,10-12H2,(H,19,21)(H,20,22). The molecule has 126 valence electrons. The Balaban J connectivity index is 1.55. The van der Waals surface area contributed by atoms with E-state index in [4.69, 9.17) is 4.74 Å². The number of benzene rings is 1. The van der Waals surface area contributed by atoms with Gasteiger partial charge in [-0.1, -0.05) is 19.3 Å². The molecule has 0 aliphatic heterocycles. The summed E-state index contributed by atoms with van der Waals surface area (Å²) < 4.78 is 6.51. The van der Waals surface area contributed by atoms with E-state index in [0.717, 1.165) is 29.3 Å². The molecule has 5 nitrogen and oxygen atoms in total. The second kappa shape index (κ2) is 9.75. The first kappa shape index (κ1) is 18.0. The van der Waals surface area contributed by atoms with Crippen molar-refractivity contribution in [3.63, 3.8) is 0 Å². The van der Waals surface area contributed by atoms with Crippen molar-refractivity contribution < 1.29 is 14.3 Å². The van der Waals surface area contributed by atoms with Crippen LogP contribution in [0.3, 0.4) is 0 Å². The number of nitrogens with one attached hydrogen (secondary N) is 2. The number of halogens is 1. The van der Waals surface area contributed by atoms with Crippen molar-refractivity contribution in [1.82, 2.24) is 10.6 Å². The highest BCUT2D eigenvalue weighted by atomic mass is 127. The van der Waals surface area contributed by atoms with Crippen molar-refractivity contribution >= 4 is 34.4 Å². The van der Waals surface area contributed by atoms with Crippen LogP contribution in [0.1, 0.15) is 32.1 Å². The van der Waals surface area contributed by atoms with Crippen LogP contribution in [0.5, 0.6) is 5.75 Å². The monoisotopic (exact) mass is 430 g/mol. The smallest absolute Gasteiger partial charge is 0.258 e. The zero-order valence-corrected chi connectivity index (χ0v) is 15.3. The first-order chi connectivity index (χ1) is 11.1. The summed E-state index contributed by atoms with van der Waals surface area (Å²) in [6.07, 6.45) is 5.50. The highest BCUT2D eigenvalue weighted by Crippen LogP contribution is 2.23. The quantitative estimate of drug-likeness (QED) is 0.516. The van der Waals surface area contributed by atoms with Gasteiger partial charge in [-0.2, -0.15) is 0 Å². The SMILES string of the molecule is O=C(COc1ccc(I)cc1)NCCNC(=O)C1CCCCC1. The lowest BCUT2D eigenvalue weighted by Gasteiger charge is -2.20. The van der Waals surface area contributed by atoms with Crippen LogP contribution < -0.4 is 15.4 Å². The highest BCUT2D eigenvalue weighted by molar-refractivity contribution is 14.1. The summed E-state index contributed by atoms with van der Waals surface area (Å²) in [6.45, 7) is 0.870. The molecule has 6 heteroatoms. The Labute approximate surface area is 150 Å². The van der Waals surface area contributed by atoms with Crippen molar-refractivity contribution in [2.24, 2.45) is 5.92 Å². The van der Waals surface area contributed by atoms with Gasteiger partial charge in [0.2, 0.25) is 5.91 Å². The summed E-state index contributed by atoms with van der Waals surface area (Å²) >= 11 is 2.21. The maximum absolute atomic E-state index is 11.9. The van der Waals surface area contributed by atoms with Crippen molar-refractivity contribution in [2.75, 3.05) is 19.7 Å². The van der Waals surface area contributed by atoms with E-state index in [1.807, 2.05) is 24.3 Å². The average molecular weight is 430 g/mol. The van der Waals surface area contributed by atoms with Gasteiger partial charge in [-0.25, -0.2) is 0 Å². The molecule has 0 atom stereocenters. The summed E-state index contributed by atoms with van der Waals surface area (Å²) in [7, 11) is 0. The van der Waals surface area contributed by atoms with Crippen LogP contribution in [0.4, 0.5) is 0 Å². The normalized spacial score (nSPS) is 15.0. The minimum atomic E-state index is -0.185. The molecule has 23 heavy (non-hydrogen) atoms. The molecule has 0 heterocycles. The van der Waals surface area contributed by atoms with Gasteiger partial charge in [0.05, 0.1) is 0 Å². The third-order valence-corrected chi connectivity index (χ3v) is 4.63. The predicted molar refractivity (Wildman–Crippen MR) is 97.2 cm³/mol. The molecule has 0 radical (unpaired) electrons. The van der Waals surface area contributed by atoms with Crippen molar-refractivity contribution in [2.45, 2.75) is 32.1 Å². The Kier molecular flexibility index (Phi) is 7.64. The van der Waals surface area contributed by atoms with Gasteiger partial charge in [-0.3, -0.25) is 9.59 Å². The molecule has 2 rings (SSSR count). The van der Waals surface area contributed by atoms with E-state index in [-0.39, 0.29) is 24.3 Å². The molecular weight excluding hydrogens is 407 g/mol. The molecule has 0 aromatic heterocycles. The molecule has 0 unspecified atom stereocenters. The molecule has 0 saturated heterocycles. The second-order valence-electron chi connectivity index (χ2n) is 5.72. The van der Waals surface area contributed by atoms with Gasteiger partial charge in [0, 0.05) is 22.6 Å². The summed E-state index contributed by atoms with van der Waals surface area (Å²) in [5, 5.41) is 5.63. The summed E-state index contributed by atoms with van der Waals surface area (Å²) in [5.74, 6) is 0.763. The fraction of sp³-hybridized carbons (Fsp3) is 0.529. The van der Waals surface area contributed by atoms with E-state index in [9.17, 15) is 9.59 Å². The largest absolute Gasteiger partial charge is 0.484 e. The minimum absolute atomic E-state index is 0.0167. The molecule has 1 fully saturated rings. The van der Waals surface area contributed by atoms with Crippen molar-refractivity contribution in [3.05, 3.63) is 27.8 Å².